The van der Waals surface area contributed by atoms with Crippen molar-refractivity contribution < 1.29 is 14.3 Å². The fraction of sp³-hybridized carbons (Fsp3) is 0.300. The zero-order valence-corrected chi connectivity index (χ0v) is 16.8. The minimum Gasteiger partial charge on any atom is -0.482 e. The van der Waals surface area contributed by atoms with Gasteiger partial charge in [0.15, 0.2) is 6.61 Å². The van der Waals surface area contributed by atoms with Crippen molar-refractivity contribution in [3.8, 4) is 5.75 Å². The van der Waals surface area contributed by atoms with Gasteiger partial charge in [-0.1, -0.05) is 60.5 Å². The van der Waals surface area contributed by atoms with Gasteiger partial charge in [0.25, 0.3) is 5.91 Å². The number of likely N-dealkylation sites (N-methyl/N-ethyl adjacent to an activating group) is 1. The van der Waals surface area contributed by atoms with Crippen LogP contribution in [0.5, 0.6) is 5.75 Å². The number of nitrogens with one attached hydrogen (secondary N) is 1. The van der Waals surface area contributed by atoms with E-state index in [0.29, 0.717) is 28.8 Å². The van der Waals surface area contributed by atoms with Gasteiger partial charge >= 0.3 is 0 Å². The highest BCUT2D eigenvalue weighted by Crippen LogP contribution is 2.27. The van der Waals surface area contributed by atoms with E-state index in [-0.39, 0.29) is 18.4 Å². The molecule has 0 radical (unpaired) electrons. The van der Waals surface area contributed by atoms with Crippen molar-refractivity contribution in [1.82, 2.24) is 10.2 Å². The van der Waals surface area contributed by atoms with E-state index >= 15 is 0 Å². The molecule has 0 fully saturated rings. The predicted molar refractivity (Wildman–Crippen MR) is 107 cm³/mol. The lowest BCUT2D eigenvalue weighted by molar-refractivity contribution is -0.142. The van der Waals surface area contributed by atoms with Gasteiger partial charge in [0, 0.05) is 18.6 Å². The van der Waals surface area contributed by atoms with Crippen molar-refractivity contribution in [2.24, 2.45) is 0 Å². The Labute approximate surface area is 169 Å². The molecular formula is C20H22Cl2N2O3. The second-order valence-electron chi connectivity index (χ2n) is 5.91. The lowest BCUT2D eigenvalue weighted by atomic mass is 10.1. The number of hydrogen-bond acceptors (Lipinski definition) is 3. The minimum absolute atomic E-state index is 0.216. The van der Waals surface area contributed by atoms with Gasteiger partial charge in [-0.2, -0.15) is 0 Å². The van der Waals surface area contributed by atoms with Crippen molar-refractivity contribution in [2.75, 3.05) is 13.7 Å². The molecule has 0 aliphatic rings. The Balaban J connectivity index is 2.17. The van der Waals surface area contributed by atoms with Crippen molar-refractivity contribution in [3.05, 3.63) is 64.1 Å². The number of carbonyl (C=O) groups is 2. The molecule has 0 aliphatic carbocycles. The summed E-state index contributed by atoms with van der Waals surface area (Å²) in [6.07, 6.45) is 0.486. The summed E-state index contributed by atoms with van der Waals surface area (Å²) in [6, 6.07) is 13.7. The molecule has 5 nitrogen and oxygen atoms in total. The SMILES string of the molecule is CC[C@H](C(=O)NC)N(Cc1ccccc1)C(=O)COc1ccc(Cl)cc1Cl. The van der Waals surface area contributed by atoms with Crippen molar-refractivity contribution >= 4 is 35.0 Å². The lowest BCUT2D eigenvalue weighted by Crippen LogP contribution is -2.49. The molecule has 0 heterocycles. The Morgan fingerprint density at radius 3 is 2.44 bits per heavy atom. The van der Waals surface area contributed by atoms with Crippen LogP contribution in [0, 0.1) is 0 Å². The Morgan fingerprint density at radius 2 is 1.85 bits per heavy atom. The van der Waals surface area contributed by atoms with Gasteiger partial charge in [0.2, 0.25) is 5.91 Å². The van der Waals surface area contributed by atoms with Crippen LogP contribution in [-0.2, 0) is 16.1 Å². The number of carbonyl (C=O) groups excluding carboxylic acids is 2. The van der Waals surface area contributed by atoms with Crippen LogP contribution in [0.1, 0.15) is 18.9 Å². The number of nitrogens with zero attached hydrogens (tertiary/aromatic N) is 1. The molecule has 1 N–H and O–H groups in total. The minimum atomic E-state index is -0.591. The summed E-state index contributed by atoms with van der Waals surface area (Å²) in [4.78, 5) is 26.7. The monoisotopic (exact) mass is 408 g/mol. The summed E-state index contributed by atoms with van der Waals surface area (Å²) in [6.45, 7) is 1.94. The van der Waals surface area contributed by atoms with Crippen molar-refractivity contribution in [2.45, 2.75) is 25.9 Å². The third kappa shape index (κ3) is 5.88. The molecular weight excluding hydrogens is 387 g/mol. The summed E-state index contributed by atoms with van der Waals surface area (Å²) >= 11 is 12.0. The molecule has 0 aromatic heterocycles. The third-order valence-electron chi connectivity index (χ3n) is 4.07. The van der Waals surface area contributed by atoms with Crippen molar-refractivity contribution in [3.63, 3.8) is 0 Å². The van der Waals surface area contributed by atoms with E-state index in [2.05, 4.69) is 5.32 Å². The van der Waals surface area contributed by atoms with Crippen LogP contribution >= 0.6 is 23.2 Å². The summed E-state index contributed by atoms with van der Waals surface area (Å²) in [5, 5.41) is 3.42. The Bertz CT molecular complexity index is 784. The van der Waals surface area contributed by atoms with Crippen LogP contribution < -0.4 is 10.1 Å². The largest absolute Gasteiger partial charge is 0.482 e. The molecule has 0 saturated heterocycles. The molecule has 0 aliphatic heterocycles. The van der Waals surface area contributed by atoms with Gasteiger partial charge in [-0.25, -0.2) is 0 Å². The van der Waals surface area contributed by atoms with Crippen LogP contribution in [-0.4, -0.2) is 36.4 Å². The summed E-state index contributed by atoms with van der Waals surface area (Å²) in [5.74, 6) is -0.159. The van der Waals surface area contributed by atoms with E-state index in [1.807, 2.05) is 37.3 Å². The fourth-order valence-corrected chi connectivity index (χ4v) is 3.14. The molecule has 144 valence electrons. The van der Waals surface area contributed by atoms with E-state index in [1.54, 1.807) is 25.2 Å². The quantitative estimate of drug-likeness (QED) is 0.719. The predicted octanol–water partition coefficient (Wildman–Crippen LogP) is 3.93. The van der Waals surface area contributed by atoms with Gasteiger partial charge in [0.1, 0.15) is 11.8 Å². The molecule has 27 heavy (non-hydrogen) atoms. The van der Waals surface area contributed by atoms with Crippen LogP contribution in [0.4, 0.5) is 0 Å². The molecule has 7 heteroatoms. The Kier molecular flexibility index (Phi) is 7.95. The number of benzene rings is 2. The van der Waals surface area contributed by atoms with Crippen LogP contribution in [0.15, 0.2) is 48.5 Å². The van der Waals surface area contributed by atoms with Crippen LogP contribution in [0.2, 0.25) is 10.0 Å². The smallest absolute Gasteiger partial charge is 0.261 e. The van der Waals surface area contributed by atoms with E-state index in [4.69, 9.17) is 27.9 Å². The lowest BCUT2D eigenvalue weighted by Gasteiger charge is -2.30. The molecule has 2 amide bonds. The molecule has 2 aromatic rings. The zero-order valence-electron chi connectivity index (χ0n) is 15.2. The first-order valence-corrected chi connectivity index (χ1v) is 9.34. The number of hydrogen-bond donors (Lipinski definition) is 1. The van der Waals surface area contributed by atoms with Gasteiger partial charge in [-0.3, -0.25) is 9.59 Å². The maximum absolute atomic E-state index is 12.9. The second-order valence-corrected chi connectivity index (χ2v) is 6.75. The van der Waals surface area contributed by atoms with Gasteiger partial charge in [0.05, 0.1) is 5.02 Å². The number of amides is 2. The molecule has 0 saturated carbocycles. The number of halogens is 2. The normalized spacial score (nSPS) is 11.6. The van der Waals surface area contributed by atoms with Crippen LogP contribution in [0.3, 0.4) is 0 Å². The van der Waals surface area contributed by atoms with Crippen LogP contribution in [0.25, 0.3) is 0 Å². The number of rotatable bonds is 8. The summed E-state index contributed by atoms with van der Waals surface area (Å²) in [5.41, 5.74) is 0.928. The molecule has 0 bridgehead atoms. The van der Waals surface area contributed by atoms with Gasteiger partial charge in [-0.15, -0.1) is 0 Å². The van der Waals surface area contributed by atoms with E-state index in [9.17, 15) is 9.59 Å². The number of ether oxygens (including phenoxy) is 1. The Hall–Kier alpha value is -2.24. The van der Waals surface area contributed by atoms with E-state index in [0.717, 1.165) is 5.56 Å². The topological polar surface area (TPSA) is 58.6 Å². The third-order valence-corrected chi connectivity index (χ3v) is 4.60. The van der Waals surface area contributed by atoms with Gasteiger partial charge in [-0.05, 0) is 30.2 Å². The average Bonchev–Trinajstić information content (AvgIpc) is 2.67. The summed E-state index contributed by atoms with van der Waals surface area (Å²) < 4.78 is 5.57. The fourth-order valence-electron chi connectivity index (χ4n) is 2.68. The highest BCUT2D eigenvalue weighted by Gasteiger charge is 2.28. The van der Waals surface area contributed by atoms with Crippen molar-refractivity contribution in [1.29, 1.82) is 0 Å². The van der Waals surface area contributed by atoms with E-state index in [1.165, 1.54) is 4.90 Å². The molecule has 0 unspecified atom stereocenters. The first-order valence-electron chi connectivity index (χ1n) is 8.59. The molecule has 2 aromatic carbocycles. The first kappa shape index (κ1) is 21.1. The Morgan fingerprint density at radius 1 is 1.15 bits per heavy atom. The zero-order chi connectivity index (χ0) is 19.8. The maximum atomic E-state index is 12.9. The average molecular weight is 409 g/mol. The standard InChI is InChI=1S/C20H22Cl2N2O3/c1-3-17(20(26)23-2)24(12-14-7-5-4-6-8-14)19(25)13-27-18-10-9-15(21)11-16(18)22/h4-11,17H,3,12-13H2,1-2H3,(H,23,26)/t17-/m1/s1. The first-order chi connectivity index (χ1) is 13.0. The van der Waals surface area contributed by atoms with E-state index < -0.39 is 6.04 Å². The summed E-state index contributed by atoms with van der Waals surface area (Å²) in [7, 11) is 1.56. The molecule has 1 atom stereocenters. The molecule has 2 rings (SSSR count). The van der Waals surface area contributed by atoms with Gasteiger partial charge < -0.3 is 15.0 Å². The molecule has 0 spiro atoms. The highest BCUT2D eigenvalue weighted by molar-refractivity contribution is 6.35. The highest BCUT2D eigenvalue weighted by atomic mass is 35.5. The maximum Gasteiger partial charge on any atom is 0.261 e. The second kappa shape index (κ2) is 10.2.